The molecule has 2 aromatic heterocycles. The summed E-state index contributed by atoms with van der Waals surface area (Å²) in [6, 6.07) is 1.68. The summed E-state index contributed by atoms with van der Waals surface area (Å²) in [6.45, 7) is 0. The molecular weight excluding hydrogens is 182 g/mol. The third-order valence-electron chi connectivity index (χ3n) is 1.67. The normalized spacial score (nSPS) is 9.64. The van der Waals surface area contributed by atoms with Crippen molar-refractivity contribution in [3.05, 3.63) is 24.3 Å². The van der Waals surface area contributed by atoms with Crippen molar-refractivity contribution in [2.45, 2.75) is 0 Å². The minimum atomic E-state index is -0.552. The Kier molecular flexibility index (Phi) is 1.84. The van der Waals surface area contributed by atoms with Gasteiger partial charge in [-0.3, -0.25) is 15.1 Å². The van der Waals surface area contributed by atoms with Gasteiger partial charge in [-0.05, 0) is 6.07 Å². The molecular formula is C8H5N5O. The van der Waals surface area contributed by atoms with Gasteiger partial charge >= 0.3 is 0 Å². The van der Waals surface area contributed by atoms with Crippen LogP contribution in [0.4, 0.5) is 0 Å². The molecule has 0 aromatic carbocycles. The van der Waals surface area contributed by atoms with Crippen LogP contribution >= 0.6 is 0 Å². The minimum absolute atomic E-state index is 0.106. The Morgan fingerprint density at radius 1 is 1.64 bits per heavy atom. The van der Waals surface area contributed by atoms with Gasteiger partial charge in [-0.25, -0.2) is 4.98 Å². The Labute approximate surface area is 78.6 Å². The van der Waals surface area contributed by atoms with Crippen LogP contribution in [0.2, 0.25) is 0 Å². The molecule has 0 aliphatic heterocycles. The molecule has 0 bridgehead atoms. The van der Waals surface area contributed by atoms with E-state index in [0.717, 1.165) is 0 Å². The monoisotopic (exact) mass is 187 g/mol. The van der Waals surface area contributed by atoms with Crippen molar-refractivity contribution >= 4 is 16.9 Å². The molecule has 14 heavy (non-hydrogen) atoms. The first kappa shape index (κ1) is 8.19. The molecule has 2 rings (SSSR count). The number of fused-ring (bicyclic) bond motifs is 1. The molecule has 0 saturated carbocycles. The van der Waals surface area contributed by atoms with Gasteiger partial charge in [0, 0.05) is 6.20 Å². The van der Waals surface area contributed by atoms with Crippen molar-refractivity contribution in [1.82, 2.24) is 20.3 Å². The lowest BCUT2D eigenvalue weighted by molar-refractivity contribution is 0.0964. The number of nitrogens with zero attached hydrogens (tertiary/aromatic N) is 3. The van der Waals surface area contributed by atoms with Crippen molar-refractivity contribution in [3.63, 3.8) is 0 Å². The summed E-state index contributed by atoms with van der Waals surface area (Å²) < 4.78 is 0. The number of hydrogen-bond acceptors (Lipinski definition) is 4. The third kappa shape index (κ3) is 1.27. The first-order chi connectivity index (χ1) is 6.81. The SMILES string of the molecule is N#CNC(=O)c1nc2ccncc2[nH]1. The topological polar surface area (TPSA) is 94.5 Å². The number of carbonyl (C=O) groups is 1. The van der Waals surface area contributed by atoms with Crippen LogP contribution in [0.1, 0.15) is 10.6 Å². The molecule has 68 valence electrons. The molecule has 2 N–H and O–H groups in total. The van der Waals surface area contributed by atoms with Gasteiger partial charge in [-0.15, -0.1) is 0 Å². The summed E-state index contributed by atoms with van der Waals surface area (Å²) in [7, 11) is 0. The largest absolute Gasteiger partial charge is 0.333 e. The summed E-state index contributed by atoms with van der Waals surface area (Å²) in [5.74, 6) is -0.446. The highest BCUT2D eigenvalue weighted by Gasteiger charge is 2.09. The van der Waals surface area contributed by atoms with Gasteiger partial charge < -0.3 is 4.98 Å². The van der Waals surface area contributed by atoms with Gasteiger partial charge in [-0.2, -0.15) is 5.26 Å². The molecule has 6 nitrogen and oxygen atoms in total. The van der Waals surface area contributed by atoms with Crippen LogP contribution in [0.5, 0.6) is 0 Å². The number of pyridine rings is 1. The van der Waals surface area contributed by atoms with Crippen molar-refractivity contribution in [1.29, 1.82) is 5.26 Å². The van der Waals surface area contributed by atoms with Gasteiger partial charge in [-0.1, -0.05) is 0 Å². The van der Waals surface area contributed by atoms with E-state index in [2.05, 4.69) is 15.0 Å². The van der Waals surface area contributed by atoms with Crippen LogP contribution in [0.15, 0.2) is 18.5 Å². The quantitative estimate of drug-likeness (QED) is 0.491. The fourth-order valence-corrected chi connectivity index (χ4v) is 1.07. The summed E-state index contributed by atoms with van der Waals surface area (Å²) in [4.78, 5) is 21.7. The fourth-order valence-electron chi connectivity index (χ4n) is 1.07. The molecule has 0 saturated heterocycles. The molecule has 6 heteroatoms. The van der Waals surface area contributed by atoms with Gasteiger partial charge in [0.05, 0.1) is 17.2 Å². The van der Waals surface area contributed by atoms with E-state index in [1.807, 2.05) is 5.32 Å². The molecule has 0 aliphatic carbocycles. The average molecular weight is 187 g/mol. The van der Waals surface area contributed by atoms with E-state index in [1.165, 1.54) is 6.19 Å². The maximum Gasteiger partial charge on any atom is 0.300 e. The number of carbonyl (C=O) groups excluding carboxylic acids is 1. The summed E-state index contributed by atoms with van der Waals surface area (Å²) in [5.41, 5.74) is 1.30. The van der Waals surface area contributed by atoms with E-state index in [4.69, 9.17) is 5.26 Å². The standard InChI is InChI=1S/C8H5N5O/c9-4-11-8(14)7-12-5-1-2-10-3-6(5)13-7/h1-3H,(H,11,14)(H,12,13). The zero-order valence-corrected chi connectivity index (χ0v) is 6.98. The predicted octanol–water partition coefficient (Wildman–Crippen LogP) is 0.169. The molecule has 0 fully saturated rings. The Bertz CT molecular complexity index is 491. The third-order valence-corrected chi connectivity index (χ3v) is 1.67. The number of H-pyrrole nitrogens is 1. The van der Waals surface area contributed by atoms with Gasteiger partial charge in [0.25, 0.3) is 5.91 Å². The van der Waals surface area contributed by atoms with Gasteiger partial charge in [0.15, 0.2) is 12.0 Å². The van der Waals surface area contributed by atoms with Crippen LogP contribution in [0, 0.1) is 11.5 Å². The van der Waals surface area contributed by atoms with E-state index in [0.29, 0.717) is 11.0 Å². The second kappa shape index (κ2) is 3.14. The smallest absolute Gasteiger partial charge is 0.300 e. The molecule has 0 aliphatic rings. The lowest BCUT2D eigenvalue weighted by Crippen LogP contribution is -2.18. The zero-order chi connectivity index (χ0) is 9.97. The first-order valence-electron chi connectivity index (χ1n) is 3.80. The van der Waals surface area contributed by atoms with Crippen molar-refractivity contribution in [2.24, 2.45) is 0 Å². The molecule has 2 aromatic rings. The molecule has 0 atom stereocenters. The Morgan fingerprint density at radius 3 is 3.21 bits per heavy atom. The highest BCUT2D eigenvalue weighted by Crippen LogP contribution is 2.08. The number of rotatable bonds is 1. The van der Waals surface area contributed by atoms with Crippen LogP contribution in [-0.4, -0.2) is 20.9 Å². The molecule has 0 spiro atoms. The summed E-state index contributed by atoms with van der Waals surface area (Å²) >= 11 is 0. The van der Waals surface area contributed by atoms with Crippen molar-refractivity contribution < 1.29 is 4.79 Å². The predicted molar refractivity (Wildman–Crippen MR) is 47.0 cm³/mol. The Hall–Kier alpha value is -2.42. The highest BCUT2D eigenvalue weighted by atomic mass is 16.2. The number of aromatic nitrogens is 3. The van der Waals surface area contributed by atoms with E-state index < -0.39 is 5.91 Å². The summed E-state index contributed by atoms with van der Waals surface area (Å²) in [6.07, 6.45) is 4.67. The molecule has 1 amide bonds. The van der Waals surface area contributed by atoms with E-state index in [-0.39, 0.29) is 5.82 Å². The number of amides is 1. The van der Waals surface area contributed by atoms with Crippen molar-refractivity contribution in [3.8, 4) is 6.19 Å². The first-order valence-corrected chi connectivity index (χ1v) is 3.80. The zero-order valence-electron chi connectivity index (χ0n) is 6.98. The van der Waals surface area contributed by atoms with Crippen molar-refractivity contribution in [2.75, 3.05) is 0 Å². The Morgan fingerprint density at radius 2 is 2.50 bits per heavy atom. The number of imidazole rings is 1. The Balaban J connectivity index is 2.46. The lowest BCUT2D eigenvalue weighted by Gasteiger charge is -1.88. The number of nitriles is 1. The van der Waals surface area contributed by atoms with Crippen LogP contribution in [0.25, 0.3) is 11.0 Å². The second-order valence-electron chi connectivity index (χ2n) is 2.54. The average Bonchev–Trinajstić information content (AvgIpc) is 2.61. The van der Waals surface area contributed by atoms with E-state index in [1.54, 1.807) is 18.5 Å². The summed E-state index contributed by atoms with van der Waals surface area (Å²) in [5, 5.41) is 10.2. The van der Waals surface area contributed by atoms with Gasteiger partial charge in [0.2, 0.25) is 0 Å². The van der Waals surface area contributed by atoms with Gasteiger partial charge in [0.1, 0.15) is 0 Å². The van der Waals surface area contributed by atoms with Crippen LogP contribution < -0.4 is 5.32 Å². The maximum absolute atomic E-state index is 11.2. The lowest BCUT2D eigenvalue weighted by atomic mass is 10.4. The van der Waals surface area contributed by atoms with Crippen LogP contribution in [-0.2, 0) is 0 Å². The van der Waals surface area contributed by atoms with E-state index >= 15 is 0 Å². The fraction of sp³-hybridized carbons (Fsp3) is 0. The minimum Gasteiger partial charge on any atom is -0.333 e. The molecule has 0 unspecified atom stereocenters. The molecule has 0 radical (unpaired) electrons. The highest BCUT2D eigenvalue weighted by molar-refractivity contribution is 5.94. The number of hydrogen-bond donors (Lipinski definition) is 2. The molecule has 2 heterocycles. The van der Waals surface area contributed by atoms with E-state index in [9.17, 15) is 4.79 Å². The maximum atomic E-state index is 11.2. The number of nitrogens with one attached hydrogen (secondary N) is 2. The second-order valence-corrected chi connectivity index (χ2v) is 2.54. The van der Waals surface area contributed by atoms with Crippen LogP contribution in [0.3, 0.4) is 0 Å². The number of aromatic amines is 1.